The van der Waals surface area contributed by atoms with Gasteiger partial charge in [0.2, 0.25) is 0 Å². The smallest absolute Gasteiger partial charge is 0.433 e. The lowest BCUT2D eigenvalue weighted by Gasteiger charge is -2.42. The first-order chi connectivity index (χ1) is 19.3. The fraction of sp³-hybridized carbons (Fsp3) is 0.448. The van der Waals surface area contributed by atoms with Crippen LogP contribution >= 0.6 is 0 Å². The molecule has 0 radical (unpaired) electrons. The maximum Gasteiger partial charge on any atom is 0.433 e. The summed E-state index contributed by atoms with van der Waals surface area (Å²) in [7, 11) is 1.42. The highest BCUT2D eigenvalue weighted by Crippen LogP contribution is 2.37. The molecule has 1 amide bonds. The van der Waals surface area contributed by atoms with E-state index in [1.807, 2.05) is 36.4 Å². The van der Waals surface area contributed by atoms with E-state index in [4.69, 9.17) is 14.3 Å². The van der Waals surface area contributed by atoms with Crippen molar-refractivity contribution in [1.29, 1.82) is 0 Å². The minimum Gasteiger partial charge on any atom is -0.494 e. The van der Waals surface area contributed by atoms with Crippen molar-refractivity contribution in [2.75, 3.05) is 44.8 Å². The number of carbonyl (C=O) groups excluding carboxylic acids is 1. The van der Waals surface area contributed by atoms with E-state index in [0.717, 1.165) is 36.6 Å². The predicted octanol–water partition coefficient (Wildman–Crippen LogP) is 4.57. The van der Waals surface area contributed by atoms with Gasteiger partial charge < -0.3 is 14.4 Å². The fourth-order valence-electron chi connectivity index (χ4n) is 5.33. The highest BCUT2D eigenvalue weighted by molar-refractivity contribution is 5.96. The normalized spacial score (nSPS) is 20.4. The summed E-state index contributed by atoms with van der Waals surface area (Å²) in [5.41, 5.74) is 3.65. The van der Waals surface area contributed by atoms with Gasteiger partial charge in [-0.15, -0.1) is 0 Å². The SMILES string of the molecule is COc1ccc(N2CCN(CC(=O)NOC3CCCCO3)[C@@H](Cc3ccccc3)C2)c2ccc(C(F)(F)F)nc12. The zero-order valence-corrected chi connectivity index (χ0v) is 22.3. The Morgan fingerprint density at radius 3 is 2.65 bits per heavy atom. The van der Waals surface area contributed by atoms with Gasteiger partial charge >= 0.3 is 6.18 Å². The fourth-order valence-corrected chi connectivity index (χ4v) is 5.33. The maximum atomic E-state index is 13.4. The lowest BCUT2D eigenvalue weighted by Crippen LogP contribution is -2.56. The number of ether oxygens (including phenoxy) is 2. The Morgan fingerprint density at radius 2 is 1.93 bits per heavy atom. The molecular formula is C29H33F3N4O4. The summed E-state index contributed by atoms with van der Waals surface area (Å²) < 4.78 is 51.1. The van der Waals surface area contributed by atoms with Crippen molar-refractivity contribution >= 4 is 22.5 Å². The van der Waals surface area contributed by atoms with E-state index in [0.29, 0.717) is 38.0 Å². The molecule has 214 valence electrons. The van der Waals surface area contributed by atoms with Crippen LogP contribution in [0.15, 0.2) is 54.6 Å². The van der Waals surface area contributed by atoms with Crippen molar-refractivity contribution in [3.8, 4) is 5.75 Å². The van der Waals surface area contributed by atoms with Crippen molar-refractivity contribution in [3.05, 3.63) is 65.9 Å². The monoisotopic (exact) mass is 558 g/mol. The van der Waals surface area contributed by atoms with Gasteiger partial charge in [-0.25, -0.2) is 15.3 Å². The number of anilines is 1. The third-order valence-electron chi connectivity index (χ3n) is 7.36. The summed E-state index contributed by atoms with van der Waals surface area (Å²) in [5, 5.41) is 0.581. The van der Waals surface area contributed by atoms with E-state index in [2.05, 4.69) is 20.3 Å². The number of hydrogen-bond acceptors (Lipinski definition) is 7. The van der Waals surface area contributed by atoms with Gasteiger partial charge in [0.05, 0.1) is 13.7 Å². The van der Waals surface area contributed by atoms with Gasteiger partial charge in [0.25, 0.3) is 5.91 Å². The van der Waals surface area contributed by atoms with Crippen LogP contribution in [0.1, 0.15) is 30.5 Å². The molecule has 1 unspecified atom stereocenters. The number of nitrogens with zero attached hydrogens (tertiary/aromatic N) is 3. The number of carbonyl (C=O) groups is 1. The number of pyridine rings is 1. The molecule has 8 nitrogen and oxygen atoms in total. The second-order valence-electron chi connectivity index (χ2n) is 10.1. The molecule has 1 aromatic heterocycles. The van der Waals surface area contributed by atoms with Gasteiger partial charge in [-0.3, -0.25) is 9.69 Å². The Kier molecular flexibility index (Phi) is 8.72. The molecule has 2 atom stereocenters. The number of amides is 1. The van der Waals surface area contributed by atoms with Gasteiger partial charge in [-0.05, 0) is 49.1 Å². The number of hydroxylamine groups is 1. The topological polar surface area (TPSA) is 76.2 Å². The van der Waals surface area contributed by atoms with Crippen LogP contribution in [0.5, 0.6) is 5.75 Å². The van der Waals surface area contributed by atoms with Gasteiger partial charge in [-0.2, -0.15) is 13.2 Å². The van der Waals surface area contributed by atoms with Crippen molar-refractivity contribution in [3.63, 3.8) is 0 Å². The summed E-state index contributed by atoms with van der Waals surface area (Å²) in [6, 6.07) is 15.9. The highest BCUT2D eigenvalue weighted by atomic mass is 19.4. The summed E-state index contributed by atoms with van der Waals surface area (Å²) >= 11 is 0. The molecular weight excluding hydrogens is 525 g/mol. The number of alkyl halides is 3. The Morgan fingerprint density at radius 1 is 1.10 bits per heavy atom. The summed E-state index contributed by atoms with van der Waals surface area (Å²) in [5.74, 6) is 0.0300. The average molecular weight is 559 g/mol. The molecule has 11 heteroatoms. The first-order valence-electron chi connectivity index (χ1n) is 13.5. The molecule has 1 N–H and O–H groups in total. The van der Waals surface area contributed by atoms with Crippen LogP contribution < -0.4 is 15.1 Å². The van der Waals surface area contributed by atoms with Crippen LogP contribution in [0.2, 0.25) is 0 Å². The van der Waals surface area contributed by atoms with E-state index in [1.54, 1.807) is 6.07 Å². The molecule has 2 aliphatic rings. The number of aromatic nitrogens is 1. The van der Waals surface area contributed by atoms with Crippen LogP contribution in [0.4, 0.5) is 18.9 Å². The van der Waals surface area contributed by atoms with Crippen LogP contribution in [0, 0.1) is 0 Å². The van der Waals surface area contributed by atoms with Crippen LogP contribution in [-0.4, -0.2) is 68.0 Å². The third kappa shape index (κ3) is 6.65. The number of methoxy groups -OCH3 is 1. The molecule has 2 saturated heterocycles. The number of fused-ring (bicyclic) bond motifs is 1. The van der Waals surface area contributed by atoms with Crippen molar-refractivity contribution in [2.45, 2.75) is 44.2 Å². The molecule has 5 rings (SSSR count). The molecule has 40 heavy (non-hydrogen) atoms. The standard InChI is InChI=1S/C29H33F3N4O4/c1-38-24-12-11-23(22-10-13-25(29(30,31)32)33-28(22)24)36-15-14-35(21(18-36)17-20-7-3-2-4-8-20)19-26(37)34-40-27-9-5-6-16-39-27/h2-4,7-8,10-13,21,27H,5-6,9,14-19H2,1H3,(H,34,37)/t21-,27?/m0/s1. The zero-order chi connectivity index (χ0) is 28.1. The van der Waals surface area contributed by atoms with Crippen molar-refractivity contribution in [1.82, 2.24) is 15.4 Å². The number of piperazine rings is 1. The van der Waals surface area contributed by atoms with Crippen LogP contribution in [0.25, 0.3) is 10.9 Å². The molecule has 0 aliphatic carbocycles. The van der Waals surface area contributed by atoms with Crippen LogP contribution in [0.3, 0.4) is 0 Å². The second-order valence-corrected chi connectivity index (χ2v) is 10.1. The van der Waals surface area contributed by atoms with Crippen molar-refractivity contribution < 1.29 is 32.3 Å². The predicted molar refractivity (Wildman–Crippen MR) is 144 cm³/mol. The van der Waals surface area contributed by atoms with Gasteiger partial charge in [-0.1, -0.05) is 30.3 Å². The largest absolute Gasteiger partial charge is 0.494 e. The maximum absolute atomic E-state index is 13.4. The average Bonchev–Trinajstić information content (AvgIpc) is 2.97. The van der Waals surface area contributed by atoms with E-state index in [1.165, 1.54) is 13.2 Å². The van der Waals surface area contributed by atoms with Gasteiger partial charge in [0, 0.05) is 49.8 Å². The summed E-state index contributed by atoms with van der Waals surface area (Å²) in [6.45, 7) is 2.49. The van der Waals surface area contributed by atoms with Crippen LogP contribution in [-0.2, 0) is 27.0 Å². The Hall–Kier alpha value is -3.41. The quantitative estimate of drug-likeness (QED) is 0.406. The van der Waals surface area contributed by atoms with E-state index in [9.17, 15) is 18.0 Å². The summed E-state index contributed by atoms with van der Waals surface area (Å²) in [4.78, 5) is 26.5. The number of benzene rings is 2. The number of rotatable bonds is 8. The molecule has 2 fully saturated rings. The number of halogens is 3. The van der Waals surface area contributed by atoms with Gasteiger partial charge in [0.1, 0.15) is 17.0 Å². The number of nitrogens with one attached hydrogen (secondary N) is 1. The minimum absolute atomic E-state index is 0.0348. The minimum atomic E-state index is -4.56. The molecule has 2 aliphatic heterocycles. The first-order valence-corrected chi connectivity index (χ1v) is 13.5. The molecule has 3 heterocycles. The van der Waals surface area contributed by atoms with Crippen molar-refractivity contribution in [2.24, 2.45) is 0 Å². The lowest BCUT2D eigenvalue weighted by molar-refractivity contribution is -0.201. The zero-order valence-electron chi connectivity index (χ0n) is 22.3. The molecule has 0 bridgehead atoms. The third-order valence-corrected chi connectivity index (χ3v) is 7.36. The Bertz CT molecular complexity index is 1300. The highest BCUT2D eigenvalue weighted by Gasteiger charge is 2.34. The molecule has 2 aromatic carbocycles. The van der Waals surface area contributed by atoms with Gasteiger partial charge in [0.15, 0.2) is 6.29 Å². The molecule has 0 saturated carbocycles. The van der Waals surface area contributed by atoms with E-state index < -0.39 is 18.2 Å². The van der Waals surface area contributed by atoms with E-state index >= 15 is 0 Å². The Balaban J connectivity index is 1.36. The Labute approximate surface area is 231 Å². The summed E-state index contributed by atoms with van der Waals surface area (Å²) in [6.07, 6.45) is -1.57. The number of hydrogen-bond donors (Lipinski definition) is 1. The molecule has 0 spiro atoms. The van der Waals surface area contributed by atoms with E-state index in [-0.39, 0.29) is 29.8 Å². The molecule has 3 aromatic rings. The lowest BCUT2D eigenvalue weighted by atomic mass is 10.0. The first kappa shape index (κ1) is 28.1. The second kappa shape index (κ2) is 12.4.